The van der Waals surface area contributed by atoms with Gasteiger partial charge in [0, 0.05) is 19.1 Å². The molecule has 2 N–H and O–H groups in total. The zero-order valence-corrected chi connectivity index (χ0v) is 16.4. The predicted octanol–water partition coefficient (Wildman–Crippen LogP) is 1.67. The van der Waals surface area contributed by atoms with Crippen LogP contribution < -0.4 is 5.73 Å². The Kier molecular flexibility index (Phi) is 5.11. The normalized spacial score (nSPS) is 29.7. The minimum Gasteiger partial charge on any atom is -0.468 e. The Morgan fingerprint density at radius 1 is 1.19 bits per heavy atom. The lowest BCUT2D eigenvalue weighted by Gasteiger charge is -2.19. The minimum atomic E-state index is -3.51. The van der Waals surface area contributed by atoms with E-state index in [1.165, 1.54) is 7.11 Å². The van der Waals surface area contributed by atoms with Crippen LogP contribution in [0.5, 0.6) is 0 Å². The van der Waals surface area contributed by atoms with Gasteiger partial charge in [-0.3, -0.25) is 4.79 Å². The second kappa shape index (κ2) is 6.78. The monoisotopic (exact) mass is 400 g/mol. The maximum atomic E-state index is 12.9. The van der Waals surface area contributed by atoms with E-state index in [1.807, 2.05) is 0 Å². The standard InChI is InChI=1S/C18H24N2O4S.ClH/c1-24-17(21)18(8-9-18)13-3-5-14(6-4-13)25(22,23)20-10-12-2-7-16(19)15(12)11-20;/h3-6,12,15-16H,2,7-11,19H2,1H3;1H. The highest BCUT2D eigenvalue weighted by molar-refractivity contribution is 7.89. The molecule has 3 unspecified atom stereocenters. The molecule has 0 spiro atoms. The smallest absolute Gasteiger partial charge is 0.316 e. The molecule has 1 heterocycles. The van der Waals surface area contributed by atoms with Crippen LogP contribution in [0.1, 0.15) is 31.2 Å². The van der Waals surface area contributed by atoms with Gasteiger partial charge in [-0.05, 0) is 55.2 Å². The highest BCUT2D eigenvalue weighted by Crippen LogP contribution is 2.49. The van der Waals surface area contributed by atoms with Crippen LogP contribution in [0.25, 0.3) is 0 Å². The van der Waals surface area contributed by atoms with Crippen LogP contribution in [0, 0.1) is 11.8 Å². The molecule has 3 atom stereocenters. The Morgan fingerprint density at radius 2 is 1.85 bits per heavy atom. The number of nitrogens with zero attached hydrogens (tertiary/aromatic N) is 1. The van der Waals surface area contributed by atoms with Crippen molar-refractivity contribution in [1.82, 2.24) is 4.31 Å². The molecule has 0 amide bonds. The molecule has 8 heteroatoms. The summed E-state index contributed by atoms with van der Waals surface area (Å²) in [7, 11) is -2.13. The van der Waals surface area contributed by atoms with Crippen molar-refractivity contribution in [2.75, 3.05) is 20.2 Å². The minimum absolute atomic E-state index is 0. The van der Waals surface area contributed by atoms with Crippen LogP contribution in [-0.2, 0) is 25.0 Å². The second-order valence-electron chi connectivity index (χ2n) is 7.59. The molecular weight excluding hydrogens is 376 g/mol. The van der Waals surface area contributed by atoms with Gasteiger partial charge < -0.3 is 10.5 Å². The number of carbonyl (C=O) groups excluding carboxylic acids is 1. The van der Waals surface area contributed by atoms with Gasteiger partial charge in [-0.1, -0.05) is 12.1 Å². The Balaban J connectivity index is 0.00000196. The van der Waals surface area contributed by atoms with E-state index in [9.17, 15) is 13.2 Å². The van der Waals surface area contributed by atoms with Crippen molar-refractivity contribution in [2.24, 2.45) is 17.6 Å². The summed E-state index contributed by atoms with van der Waals surface area (Å²) < 4.78 is 32.3. The molecule has 3 aliphatic rings. The van der Waals surface area contributed by atoms with E-state index >= 15 is 0 Å². The molecule has 2 saturated carbocycles. The van der Waals surface area contributed by atoms with Crippen LogP contribution in [0.15, 0.2) is 29.2 Å². The number of hydrogen-bond acceptors (Lipinski definition) is 5. The molecular formula is C18H25ClN2O4S. The molecule has 1 aromatic carbocycles. The summed E-state index contributed by atoms with van der Waals surface area (Å²) >= 11 is 0. The van der Waals surface area contributed by atoms with Crippen molar-refractivity contribution in [3.63, 3.8) is 0 Å². The van der Waals surface area contributed by atoms with Gasteiger partial charge in [0.2, 0.25) is 10.0 Å². The third-order valence-corrected chi connectivity index (χ3v) is 8.10. The molecule has 1 saturated heterocycles. The number of esters is 1. The first-order valence-corrected chi connectivity index (χ1v) is 10.3. The van der Waals surface area contributed by atoms with Crippen molar-refractivity contribution in [3.8, 4) is 0 Å². The molecule has 4 rings (SSSR count). The molecule has 3 fully saturated rings. The van der Waals surface area contributed by atoms with E-state index in [2.05, 4.69) is 0 Å². The van der Waals surface area contributed by atoms with Gasteiger partial charge in [-0.15, -0.1) is 12.4 Å². The van der Waals surface area contributed by atoms with Gasteiger partial charge in [0.05, 0.1) is 17.4 Å². The van der Waals surface area contributed by atoms with E-state index in [-0.39, 0.29) is 35.2 Å². The number of sulfonamides is 1. The van der Waals surface area contributed by atoms with E-state index < -0.39 is 15.4 Å². The number of nitrogens with two attached hydrogens (primary N) is 1. The van der Waals surface area contributed by atoms with E-state index in [0.29, 0.717) is 19.0 Å². The number of halogens is 1. The zero-order valence-electron chi connectivity index (χ0n) is 14.8. The van der Waals surface area contributed by atoms with Crippen LogP contribution in [-0.4, -0.2) is 44.9 Å². The lowest BCUT2D eigenvalue weighted by atomic mass is 9.96. The molecule has 0 bridgehead atoms. The average Bonchev–Trinajstić information content (AvgIpc) is 3.19. The average molecular weight is 401 g/mol. The van der Waals surface area contributed by atoms with Gasteiger partial charge >= 0.3 is 5.97 Å². The summed E-state index contributed by atoms with van der Waals surface area (Å²) in [5.41, 5.74) is 6.37. The van der Waals surface area contributed by atoms with Crippen molar-refractivity contribution >= 4 is 28.4 Å². The Labute approximate surface area is 160 Å². The quantitative estimate of drug-likeness (QED) is 0.776. The lowest BCUT2D eigenvalue weighted by Crippen LogP contribution is -2.33. The summed E-state index contributed by atoms with van der Waals surface area (Å²) in [6, 6.07) is 6.84. The van der Waals surface area contributed by atoms with Crippen LogP contribution in [0.3, 0.4) is 0 Å². The summed E-state index contributed by atoms with van der Waals surface area (Å²) in [6.07, 6.45) is 3.50. The van der Waals surface area contributed by atoms with E-state index in [4.69, 9.17) is 10.5 Å². The fourth-order valence-corrected chi connectivity index (χ4v) is 6.02. The lowest BCUT2D eigenvalue weighted by molar-refractivity contribution is -0.143. The number of methoxy groups -OCH3 is 1. The molecule has 6 nitrogen and oxygen atoms in total. The van der Waals surface area contributed by atoms with Crippen molar-refractivity contribution in [2.45, 2.75) is 42.0 Å². The zero-order chi connectivity index (χ0) is 17.8. The van der Waals surface area contributed by atoms with Crippen molar-refractivity contribution < 1.29 is 17.9 Å². The summed E-state index contributed by atoms with van der Waals surface area (Å²) in [6.45, 7) is 1.08. The topological polar surface area (TPSA) is 89.7 Å². The van der Waals surface area contributed by atoms with Crippen LogP contribution >= 0.6 is 12.4 Å². The molecule has 0 radical (unpaired) electrons. The van der Waals surface area contributed by atoms with Gasteiger partial charge in [0.25, 0.3) is 0 Å². The highest BCUT2D eigenvalue weighted by atomic mass is 35.5. The molecule has 1 aromatic rings. The fraction of sp³-hybridized carbons (Fsp3) is 0.611. The summed E-state index contributed by atoms with van der Waals surface area (Å²) in [5, 5.41) is 0. The van der Waals surface area contributed by atoms with Crippen molar-refractivity contribution in [3.05, 3.63) is 29.8 Å². The van der Waals surface area contributed by atoms with Crippen LogP contribution in [0.4, 0.5) is 0 Å². The first kappa shape index (κ1) is 19.6. The number of benzene rings is 1. The number of ether oxygens (including phenoxy) is 1. The van der Waals surface area contributed by atoms with Gasteiger partial charge in [-0.2, -0.15) is 4.31 Å². The number of carbonyl (C=O) groups is 1. The first-order chi connectivity index (χ1) is 11.9. The Morgan fingerprint density at radius 3 is 2.38 bits per heavy atom. The first-order valence-electron chi connectivity index (χ1n) is 8.83. The molecule has 144 valence electrons. The number of fused-ring (bicyclic) bond motifs is 1. The SMILES string of the molecule is COC(=O)C1(c2ccc(S(=O)(=O)N3CC4CCC(N)C4C3)cc2)CC1.Cl. The van der Waals surface area contributed by atoms with Crippen LogP contribution in [0.2, 0.25) is 0 Å². The maximum absolute atomic E-state index is 12.9. The third kappa shape index (κ3) is 2.95. The van der Waals surface area contributed by atoms with Gasteiger partial charge in [0.15, 0.2) is 0 Å². The number of hydrogen-bond donors (Lipinski definition) is 1. The predicted molar refractivity (Wildman–Crippen MR) is 99.6 cm³/mol. The summed E-state index contributed by atoms with van der Waals surface area (Å²) in [4.78, 5) is 12.3. The van der Waals surface area contributed by atoms with Gasteiger partial charge in [-0.25, -0.2) is 8.42 Å². The fourth-order valence-electron chi connectivity index (χ4n) is 4.49. The van der Waals surface area contributed by atoms with E-state index in [0.717, 1.165) is 31.2 Å². The molecule has 1 aliphatic heterocycles. The summed E-state index contributed by atoms with van der Waals surface area (Å²) in [5.74, 6) is 0.422. The van der Waals surface area contributed by atoms with Gasteiger partial charge in [0.1, 0.15) is 0 Å². The highest BCUT2D eigenvalue weighted by Gasteiger charge is 2.52. The Hall–Kier alpha value is -1.15. The number of rotatable bonds is 4. The molecule has 26 heavy (non-hydrogen) atoms. The molecule has 2 aliphatic carbocycles. The molecule has 0 aromatic heterocycles. The maximum Gasteiger partial charge on any atom is 0.316 e. The largest absolute Gasteiger partial charge is 0.468 e. The second-order valence-corrected chi connectivity index (χ2v) is 9.52. The third-order valence-electron chi connectivity index (χ3n) is 6.25. The van der Waals surface area contributed by atoms with E-state index in [1.54, 1.807) is 28.6 Å². The van der Waals surface area contributed by atoms with Crippen molar-refractivity contribution in [1.29, 1.82) is 0 Å². The Bertz CT molecular complexity index is 792.